The second-order valence-corrected chi connectivity index (χ2v) is 5.60. The molecule has 118 valence electrons. The van der Waals surface area contributed by atoms with Crippen LogP contribution in [0.2, 0.25) is 0 Å². The van der Waals surface area contributed by atoms with Crippen molar-refractivity contribution in [1.29, 1.82) is 0 Å². The van der Waals surface area contributed by atoms with Gasteiger partial charge in [0.1, 0.15) is 0 Å². The second kappa shape index (κ2) is 9.78. The quantitative estimate of drug-likeness (QED) is 0.307. The van der Waals surface area contributed by atoms with Gasteiger partial charge in [-0.25, -0.2) is 0 Å². The maximum atomic E-state index is 5.61. The predicted octanol–water partition coefficient (Wildman–Crippen LogP) is 1.57. The van der Waals surface area contributed by atoms with Crippen molar-refractivity contribution in [2.75, 3.05) is 53.6 Å². The van der Waals surface area contributed by atoms with Gasteiger partial charge >= 0.3 is 0 Å². The topological polar surface area (TPSA) is 46.1 Å². The van der Waals surface area contributed by atoms with Gasteiger partial charge in [-0.1, -0.05) is 0 Å². The van der Waals surface area contributed by atoms with Gasteiger partial charge in [0.25, 0.3) is 0 Å². The van der Waals surface area contributed by atoms with Crippen LogP contribution in [0, 0.1) is 11.8 Å². The van der Waals surface area contributed by atoms with Crippen molar-refractivity contribution in [2.24, 2.45) is 16.8 Å². The molecule has 1 N–H and O–H groups in total. The van der Waals surface area contributed by atoms with Crippen molar-refractivity contribution in [2.45, 2.75) is 19.3 Å². The van der Waals surface area contributed by atoms with Gasteiger partial charge in [0.2, 0.25) is 0 Å². The molecular weight excluding hydrogens is 369 g/mol. The Hall–Kier alpha value is -0.0800. The van der Waals surface area contributed by atoms with Gasteiger partial charge < -0.3 is 19.7 Å². The zero-order chi connectivity index (χ0) is 13.5. The number of hydrogen-bond acceptors (Lipinski definition) is 3. The van der Waals surface area contributed by atoms with Crippen LogP contribution in [0.5, 0.6) is 0 Å². The molecule has 1 atom stereocenters. The molecule has 2 rings (SSSR count). The first-order chi connectivity index (χ1) is 9.29. The first-order valence-corrected chi connectivity index (χ1v) is 7.37. The van der Waals surface area contributed by atoms with Gasteiger partial charge in [-0.15, -0.1) is 24.0 Å². The summed E-state index contributed by atoms with van der Waals surface area (Å²) in [5.74, 6) is 2.42. The summed E-state index contributed by atoms with van der Waals surface area (Å²) in [5, 5.41) is 3.35. The molecule has 0 aromatic heterocycles. The fourth-order valence-corrected chi connectivity index (χ4v) is 2.36. The molecule has 20 heavy (non-hydrogen) atoms. The van der Waals surface area contributed by atoms with E-state index in [1.165, 1.54) is 12.8 Å². The van der Waals surface area contributed by atoms with Crippen LogP contribution in [0.1, 0.15) is 19.3 Å². The molecule has 1 aliphatic heterocycles. The van der Waals surface area contributed by atoms with Gasteiger partial charge in [-0.05, 0) is 25.2 Å². The Morgan fingerprint density at radius 1 is 1.35 bits per heavy atom. The molecule has 1 saturated heterocycles. The highest BCUT2D eigenvalue weighted by molar-refractivity contribution is 14.0. The molecule has 5 nitrogen and oxygen atoms in total. The summed E-state index contributed by atoms with van der Waals surface area (Å²) < 4.78 is 11.0. The number of guanidine groups is 1. The predicted molar refractivity (Wildman–Crippen MR) is 91.9 cm³/mol. The van der Waals surface area contributed by atoms with E-state index in [9.17, 15) is 0 Å². The van der Waals surface area contributed by atoms with Crippen LogP contribution in [0.3, 0.4) is 0 Å². The Balaban J connectivity index is 0.00000200. The average Bonchev–Trinajstić information content (AvgIpc) is 3.09. The molecule has 1 aliphatic carbocycles. The molecule has 2 fully saturated rings. The molecule has 0 aromatic carbocycles. The summed E-state index contributed by atoms with van der Waals surface area (Å²) in [6.07, 6.45) is 3.86. The fraction of sp³-hybridized carbons (Fsp3) is 0.929. The van der Waals surface area contributed by atoms with Crippen molar-refractivity contribution < 1.29 is 9.47 Å². The van der Waals surface area contributed by atoms with Crippen LogP contribution in [0.4, 0.5) is 0 Å². The summed E-state index contributed by atoms with van der Waals surface area (Å²) in [4.78, 5) is 6.49. The Kier molecular flexibility index (Phi) is 8.79. The van der Waals surface area contributed by atoms with Crippen LogP contribution in [0.15, 0.2) is 4.99 Å². The minimum Gasteiger partial charge on any atom is -0.381 e. The van der Waals surface area contributed by atoms with Crippen molar-refractivity contribution >= 4 is 29.9 Å². The number of rotatable bonds is 7. The highest BCUT2D eigenvalue weighted by Crippen LogP contribution is 2.28. The van der Waals surface area contributed by atoms with E-state index < -0.39 is 0 Å². The minimum absolute atomic E-state index is 0. The zero-order valence-electron chi connectivity index (χ0n) is 12.6. The van der Waals surface area contributed by atoms with Gasteiger partial charge in [0.15, 0.2) is 5.96 Å². The Morgan fingerprint density at radius 2 is 2.15 bits per heavy atom. The maximum absolute atomic E-state index is 5.61. The van der Waals surface area contributed by atoms with Crippen LogP contribution in [0.25, 0.3) is 0 Å². The van der Waals surface area contributed by atoms with Crippen molar-refractivity contribution in [3.05, 3.63) is 0 Å². The van der Waals surface area contributed by atoms with Gasteiger partial charge in [-0.2, -0.15) is 0 Å². The Bertz CT molecular complexity index is 292. The first-order valence-electron chi connectivity index (χ1n) is 7.37. The largest absolute Gasteiger partial charge is 0.381 e. The third-order valence-corrected chi connectivity index (χ3v) is 3.71. The number of nitrogens with one attached hydrogen (secondary N) is 1. The zero-order valence-corrected chi connectivity index (χ0v) is 15.0. The highest BCUT2D eigenvalue weighted by Gasteiger charge is 2.21. The number of aliphatic imine (C=N–C) groups is 1. The standard InChI is InChI=1S/C14H27N3O2.HI/c1-15-14(16-6-8-19-10-12-3-4-12)17(2)9-13-5-7-18-11-13;/h12-13H,3-11H2,1-2H3,(H,15,16);1H. The smallest absolute Gasteiger partial charge is 0.193 e. The molecule has 2 aliphatic rings. The summed E-state index contributed by atoms with van der Waals surface area (Å²) in [5.41, 5.74) is 0. The summed E-state index contributed by atoms with van der Waals surface area (Å²) in [7, 11) is 3.91. The average molecular weight is 397 g/mol. The molecule has 0 aromatic rings. The van der Waals surface area contributed by atoms with E-state index in [1.807, 2.05) is 7.05 Å². The monoisotopic (exact) mass is 397 g/mol. The van der Waals surface area contributed by atoms with Crippen molar-refractivity contribution in [3.8, 4) is 0 Å². The summed E-state index contributed by atoms with van der Waals surface area (Å²) >= 11 is 0. The Morgan fingerprint density at radius 3 is 2.75 bits per heavy atom. The second-order valence-electron chi connectivity index (χ2n) is 5.60. The molecule has 1 saturated carbocycles. The van der Waals surface area contributed by atoms with Gasteiger partial charge in [0.05, 0.1) is 13.2 Å². The van der Waals surface area contributed by atoms with Gasteiger partial charge in [0, 0.05) is 46.3 Å². The van der Waals surface area contributed by atoms with E-state index in [-0.39, 0.29) is 24.0 Å². The molecule has 1 unspecified atom stereocenters. The third kappa shape index (κ3) is 6.58. The van der Waals surface area contributed by atoms with E-state index >= 15 is 0 Å². The van der Waals surface area contributed by atoms with Crippen LogP contribution < -0.4 is 5.32 Å². The third-order valence-electron chi connectivity index (χ3n) is 3.71. The number of nitrogens with zero attached hydrogens (tertiary/aromatic N) is 2. The highest BCUT2D eigenvalue weighted by atomic mass is 127. The van der Waals surface area contributed by atoms with E-state index in [2.05, 4.69) is 22.3 Å². The summed E-state index contributed by atoms with van der Waals surface area (Å²) in [6, 6.07) is 0. The normalized spacial score (nSPS) is 22.5. The van der Waals surface area contributed by atoms with E-state index in [0.29, 0.717) is 5.92 Å². The van der Waals surface area contributed by atoms with Crippen LogP contribution in [-0.2, 0) is 9.47 Å². The van der Waals surface area contributed by atoms with Crippen LogP contribution >= 0.6 is 24.0 Å². The lowest BCUT2D eigenvalue weighted by atomic mass is 10.1. The molecule has 6 heteroatoms. The number of halogens is 1. The van der Waals surface area contributed by atoms with E-state index in [4.69, 9.17) is 9.47 Å². The lowest BCUT2D eigenvalue weighted by Crippen LogP contribution is -2.42. The molecular formula is C14H28IN3O2. The maximum Gasteiger partial charge on any atom is 0.193 e. The fourth-order valence-electron chi connectivity index (χ4n) is 2.36. The summed E-state index contributed by atoms with van der Waals surface area (Å²) in [6.45, 7) is 5.30. The molecule has 0 spiro atoms. The molecule has 0 amide bonds. The Labute approximate surface area is 139 Å². The lowest BCUT2D eigenvalue weighted by molar-refractivity contribution is 0.128. The molecule has 0 radical (unpaired) electrons. The lowest BCUT2D eigenvalue weighted by Gasteiger charge is -2.24. The minimum atomic E-state index is 0. The first kappa shape index (κ1) is 18.0. The number of ether oxygens (including phenoxy) is 2. The molecule has 0 bridgehead atoms. The van der Waals surface area contributed by atoms with Gasteiger partial charge in [-0.3, -0.25) is 4.99 Å². The molecule has 1 heterocycles. The van der Waals surface area contributed by atoms with Crippen LogP contribution in [-0.4, -0.2) is 64.5 Å². The van der Waals surface area contributed by atoms with E-state index in [1.54, 1.807) is 0 Å². The van der Waals surface area contributed by atoms with Crippen molar-refractivity contribution in [3.63, 3.8) is 0 Å². The SMILES string of the molecule is CN=C(NCCOCC1CC1)N(C)CC1CCOC1.I. The van der Waals surface area contributed by atoms with Crippen molar-refractivity contribution in [1.82, 2.24) is 10.2 Å². The van der Waals surface area contributed by atoms with E-state index in [0.717, 1.165) is 57.8 Å². The number of hydrogen-bond donors (Lipinski definition) is 1.